The van der Waals surface area contributed by atoms with Crippen LogP contribution in [0.1, 0.15) is 39.1 Å². The first-order valence-corrected chi connectivity index (χ1v) is 11.9. The van der Waals surface area contributed by atoms with Crippen LogP contribution in [0.15, 0.2) is 77.2 Å². The normalized spacial score (nSPS) is 15.0. The number of hydrogen-bond acceptors (Lipinski definition) is 6. The fourth-order valence-corrected chi connectivity index (χ4v) is 4.09. The van der Waals surface area contributed by atoms with Crippen molar-refractivity contribution in [3.8, 4) is 22.9 Å². The Morgan fingerprint density at radius 1 is 0.917 bits per heavy atom. The molecule has 3 aromatic carbocycles. The van der Waals surface area contributed by atoms with Gasteiger partial charge in [0.15, 0.2) is 0 Å². The van der Waals surface area contributed by atoms with Gasteiger partial charge in [0.2, 0.25) is 11.8 Å². The molecule has 0 bridgehead atoms. The molecule has 1 aromatic heterocycles. The monoisotopic (exact) mass is 482 g/mol. The molecule has 1 fully saturated rings. The number of carbonyl (C=O) groups excluding carboxylic acids is 2. The Balaban J connectivity index is 1.26. The van der Waals surface area contributed by atoms with Gasteiger partial charge in [-0.25, -0.2) is 0 Å². The van der Waals surface area contributed by atoms with E-state index in [-0.39, 0.29) is 17.9 Å². The van der Waals surface area contributed by atoms with E-state index in [0.717, 1.165) is 30.6 Å². The molecule has 0 saturated carbocycles. The summed E-state index contributed by atoms with van der Waals surface area (Å²) in [6, 6.07) is 21.6. The number of hydrogen-bond donors (Lipinski definition) is 2. The fraction of sp³-hybridized carbons (Fsp3) is 0.214. The van der Waals surface area contributed by atoms with Crippen molar-refractivity contribution in [2.45, 2.75) is 25.9 Å². The summed E-state index contributed by atoms with van der Waals surface area (Å²) in [5.74, 6) is 0.223. The fourth-order valence-electron chi connectivity index (χ4n) is 4.09. The number of anilines is 1. The number of amides is 2. The summed E-state index contributed by atoms with van der Waals surface area (Å²) in [5.41, 5.74) is 3.93. The molecule has 8 nitrogen and oxygen atoms in total. The van der Waals surface area contributed by atoms with Gasteiger partial charge in [-0.05, 0) is 68.3 Å². The Labute approximate surface area is 208 Å². The number of aromatic nitrogens is 2. The van der Waals surface area contributed by atoms with Crippen molar-refractivity contribution in [3.05, 3.63) is 89.5 Å². The highest BCUT2D eigenvalue weighted by Crippen LogP contribution is 2.25. The van der Waals surface area contributed by atoms with Crippen molar-refractivity contribution in [1.82, 2.24) is 15.5 Å². The minimum atomic E-state index is -0.327. The van der Waals surface area contributed by atoms with Crippen molar-refractivity contribution in [1.29, 1.82) is 0 Å². The number of para-hydroxylation sites is 1. The van der Waals surface area contributed by atoms with Crippen LogP contribution >= 0.6 is 0 Å². The van der Waals surface area contributed by atoms with Crippen LogP contribution in [0, 0.1) is 6.92 Å². The van der Waals surface area contributed by atoms with Gasteiger partial charge >= 0.3 is 0 Å². The number of nitrogens with zero attached hydrogens (tertiary/aromatic N) is 2. The molecule has 0 spiro atoms. The minimum absolute atomic E-state index is 0.0426. The Bertz CT molecular complexity index is 1370. The van der Waals surface area contributed by atoms with Crippen molar-refractivity contribution < 1.29 is 18.7 Å². The first-order valence-electron chi connectivity index (χ1n) is 11.9. The molecule has 1 saturated heterocycles. The van der Waals surface area contributed by atoms with E-state index in [1.807, 2.05) is 31.2 Å². The van der Waals surface area contributed by atoms with E-state index in [9.17, 15) is 9.59 Å². The van der Waals surface area contributed by atoms with Crippen LogP contribution in [0.25, 0.3) is 22.9 Å². The van der Waals surface area contributed by atoms with Gasteiger partial charge in [0.25, 0.3) is 11.8 Å². The van der Waals surface area contributed by atoms with Gasteiger partial charge in [0.05, 0.1) is 17.4 Å². The van der Waals surface area contributed by atoms with E-state index in [2.05, 4.69) is 20.8 Å². The van der Waals surface area contributed by atoms with Crippen LogP contribution < -0.4 is 10.6 Å². The molecule has 2 heterocycles. The summed E-state index contributed by atoms with van der Waals surface area (Å²) in [6.07, 6.45) is 1.98. The number of aryl methyl sites for hydroxylation is 1. The summed E-state index contributed by atoms with van der Waals surface area (Å²) in [4.78, 5) is 25.6. The highest BCUT2D eigenvalue weighted by Gasteiger charge is 2.19. The third kappa shape index (κ3) is 5.34. The second-order valence-electron chi connectivity index (χ2n) is 8.70. The van der Waals surface area contributed by atoms with E-state index in [1.165, 1.54) is 0 Å². The van der Waals surface area contributed by atoms with Crippen molar-refractivity contribution in [3.63, 3.8) is 0 Å². The Hall–Kier alpha value is -4.30. The molecule has 182 valence electrons. The predicted octanol–water partition coefficient (Wildman–Crippen LogP) is 4.87. The molecule has 1 unspecified atom stereocenters. The summed E-state index contributed by atoms with van der Waals surface area (Å²) in [6.45, 7) is 3.18. The molecular weight excluding hydrogens is 456 g/mol. The highest BCUT2D eigenvalue weighted by molar-refractivity contribution is 6.09. The van der Waals surface area contributed by atoms with Gasteiger partial charge in [0, 0.05) is 29.8 Å². The molecule has 1 aliphatic rings. The largest absolute Gasteiger partial charge is 0.416 e. The molecule has 36 heavy (non-hydrogen) atoms. The van der Waals surface area contributed by atoms with Crippen LogP contribution in [0.3, 0.4) is 0 Å². The molecule has 1 aliphatic heterocycles. The summed E-state index contributed by atoms with van der Waals surface area (Å²) in [5, 5.41) is 14.0. The maximum atomic E-state index is 12.9. The van der Waals surface area contributed by atoms with Crippen LogP contribution in [-0.4, -0.2) is 41.3 Å². The molecule has 0 aliphatic carbocycles. The lowest BCUT2D eigenvalue weighted by Crippen LogP contribution is -2.32. The van der Waals surface area contributed by atoms with Crippen molar-refractivity contribution in [2.24, 2.45) is 0 Å². The van der Waals surface area contributed by atoms with Gasteiger partial charge in [-0.15, -0.1) is 10.2 Å². The maximum absolute atomic E-state index is 12.9. The summed E-state index contributed by atoms with van der Waals surface area (Å²) in [7, 11) is 0. The standard InChI is InChI=1S/C28H26N4O4/c1-18-6-4-7-21(16-18)28-32-31-27(36-28)20-13-11-19(12-14-20)25(33)30-24-10-3-2-9-23(24)26(34)29-17-22-8-5-15-35-22/h2-4,6-7,9-14,16,22H,5,8,15,17H2,1H3,(H,29,34)(H,30,33). The van der Waals surface area contributed by atoms with Crippen LogP contribution in [-0.2, 0) is 4.74 Å². The first kappa shape index (κ1) is 23.4. The molecule has 1 atom stereocenters. The zero-order valence-corrected chi connectivity index (χ0v) is 19.9. The predicted molar refractivity (Wildman–Crippen MR) is 136 cm³/mol. The van der Waals surface area contributed by atoms with E-state index >= 15 is 0 Å². The average Bonchev–Trinajstić information content (AvgIpc) is 3.60. The van der Waals surface area contributed by atoms with Crippen LogP contribution in [0.5, 0.6) is 0 Å². The Morgan fingerprint density at radius 2 is 1.69 bits per heavy atom. The lowest BCUT2D eigenvalue weighted by molar-refractivity contribution is 0.0858. The van der Waals surface area contributed by atoms with Gasteiger partial charge in [-0.3, -0.25) is 9.59 Å². The van der Waals surface area contributed by atoms with Crippen molar-refractivity contribution in [2.75, 3.05) is 18.5 Å². The summed E-state index contributed by atoms with van der Waals surface area (Å²) < 4.78 is 11.4. The molecule has 2 N–H and O–H groups in total. The number of carbonyl (C=O) groups is 2. The summed E-state index contributed by atoms with van der Waals surface area (Å²) >= 11 is 0. The smallest absolute Gasteiger partial charge is 0.255 e. The molecule has 4 aromatic rings. The van der Waals surface area contributed by atoms with Crippen LogP contribution in [0.4, 0.5) is 5.69 Å². The van der Waals surface area contributed by atoms with Gasteiger partial charge in [-0.2, -0.15) is 0 Å². The topological polar surface area (TPSA) is 106 Å². The van der Waals surface area contributed by atoms with Crippen molar-refractivity contribution >= 4 is 17.5 Å². The van der Waals surface area contributed by atoms with Crippen LogP contribution in [0.2, 0.25) is 0 Å². The number of rotatable bonds is 7. The minimum Gasteiger partial charge on any atom is -0.416 e. The third-order valence-electron chi connectivity index (χ3n) is 6.02. The van der Waals surface area contributed by atoms with E-state index < -0.39 is 0 Å². The van der Waals surface area contributed by atoms with E-state index in [0.29, 0.717) is 40.7 Å². The Morgan fingerprint density at radius 3 is 2.44 bits per heavy atom. The van der Waals surface area contributed by atoms with Gasteiger partial charge in [0.1, 0.15) is 0 Å². The molecular formula is C28H26N4O4. The molecule has 2 amide bonds. The maximum Gasteiger partial charge on any atom is 0.255 e. The van der Waals surface area contributed by atoms with E-state index in [1.54, 1.807) is 48.5 Å². The zero-order valence-electron chi connectivity index (χ0n) is 19.9. The van der Waals surface area contributed by atoms with Gasteiger partial charge in [-0.1, -0.05) is 29.8 Å². The number of ether oxygens (including phenoxy) is 1. The number of nitrogens with one attached hydrogen (secondary N) is 2. The highest BCUT2D eigenvalue weighted by atomic mass is 16.5. The average molecular weight is 483 g/mol. The van der Waals surface area contributed by atoms with Gasteiger partial charge < -0.3 is 19.8 Å². The second kappa shape index (κ2) is 10.5. The first-order chi connectivity index (χ1) is 17.6. The molecule has 8 heteroatoms. The zero-order chi connectivity index (χ0) is 24.9. The SMILES string of the molecule is Cc1cccc(-c2nnc(-c3ccc(C(=O)Nc4ccccc4C(=O)NCC4CCCO4)cc3)o2)c1. The quantitative estimate of drug-likeness (QED) is 0.389. The Kier molecular flexibility index (Phi) is 6.86. The molecule has 5 rings (SSSR count). The lowest BCUT2D eigenvalue weighted by Gasteiger charge is -2.14. The molecule has 0 radical (unpaired) electrons. The second-order valence-corrected chi connectivity index (χ2v) is 8.70. The third-order valence-corrected chi connectivity index (χ3v) is 6.02. The van der Waals surface area contributed by atoms with E-state index in [4.69, 9.17) is 9.15 Å². The number of benzene rings is 3. The lowest BCUT2D eigenvalue weighted by atomic mass is 10.1.